The molecule has 1 heterocycles. The third-order valence-electron chi connectivity index (χ3n) is 3.47. The van der Waals surface area contributed by atoms with Crippen molar-refractivity contribution in [3.63, 3.8) is 0 Å². The number of methoxy groups -OCH3 is 1. The Morgan fingerprint density at radius 2 is 2.25 bits per heavy atom. The van der Waals surface area contributed by atoms with E-state index in [2.05, 4.69) is 10.3 Å². The summed E-state index contributed by atoms with van der Waals surface area (Å²) in [5.74, 6) is -1.03. The van der Waals surface area contributed by atoms with Gasteiger partial charge in [0.15, 0.2) is 0 Å². The van der Waals surface area contributed by atoms with Crippen LogP contribution in [0.1, 0.15) is 19.8 Å². The highest BCUT2D eigenvalue weighted by molar-refractivity contribution is 5.84. The summed E-state index contributed by atoms with van der Waals surface area (Å²) in [5.41, 5.74) is -1.55. The van der Waals surface area contributed by atoms with Crippen LogP contribution < -0.4 is 10.1 Å². The molecule has 108 valence electrons. The largest absolute Gasteiger partial charge is 0.481 e. The van der Waals surface area contributed by atoms with Gasteiger partial charge in [0, 0.05) is 12.1 Å². The Morgan fingerprint density at radius 3 is 2.70 bits per heavy atom. The monoisotopic (exact) mass is 281 g/mol. The molecule has 0 bridgehead atoms. The predicted octanol–water partition coefficient (Wildman–Crippen LogP) is 1.66. The molecule has 1 aromatic heterocycles. The summed E-state index contributed by atoms with van der Waals surface area (Å²) < 4.78 is 4.92. The minimum absolute atomic E-state index is 0.0624. The van der Waals surface area contributed by atoms with Crippen molar-refractivity contribution in [2.75, 3.05) is 12.4 Å². The zero-order valence-corrected chi connectivity index (χ0v) is 11.1. The number of pyridine rings is 1. The van der Waals surface area contributed by atoms with Crippen molar-refractivity contribution < 1.29 is 19.6 Å². The van der Waals surface area contributed by atoms with Gasteiger partial charge in [-0.3, -0.25) is 10.1 Å². The Kier molecular flexibility index (Phi) is 3.47. The molecule has 1 atom stereocenters. The second-order valence-corrected chi connectivity index (χ2v) is 4.89. The minimum atomic E-state index is -1.27. The summed E-state index contributed by atoms with van der Waals surface area (Å²) in [5, 5.41) is 23.1. The van der Waals surface area contributed by atoms with Gasteiger partial charge in [-0.2, -0.15) is 4.98 Å². The number of anilines is 1. The number of aromatic nitrogens is 1. The van der Waals surface area contributed by atoms with Gasteiger partial charge in [0.25, 0.3) is 0 Å². The minimum Gasteiger partial charge on any atom is -0.481 e. The van der Waals surface area contributed by atoms with Gasteiger partial charge in [-0.1, -0.05) is 0 Å². The van der Waals surface area contributed by atoms with Crippen LogP contribution in [0.2, 0.25) is 0 Å². The number of nitrogens with one attached hydrogen (secondary N) is 1. The first kappa shape index (κ1) is 14.0. The van der Waals surface area contributed by atoms with E-state index >= 15 is 0 Å². The van der Waals surface area contributed by atoms with Crippen molar-refractivity contribution in [2.45, 2.75) is 25.3 Å². The molecule has 1 aliphatic rings. The fourth-order valence-electron chi connectivity index (χ4n) is 2.02. The quantitative estimate of drug-likeness (QED) is 0.601. The number of carboxylic acid groups (broad SMARTS) is 1. The van der Waals surface area contributed by atoms with Crippen molar-refractivity contribution >= 4 is 17.5 Å². The van der Waals surface area contributed by atoms with Gasteiger partial charge in [-0.25, -0.2) is 4.79 Å². The molecular weight excluding hydrogens is 266 g/mol. The topological polar surface area (TPSA) is 115 Å². The van der Waals surface area contributed by atoms with Crippen molar-refractivity contribution in [1.29, 1.82) is 0 Å². The van der Waals surface area contributed by atoms with E-state index in [0.29, 0.717) is 0 Å². The third kappa shape index (κ3) is 2.49. The molecule has 8 heteroatoms. The molecular formula is C12H15N3O5. The summed E-state index contributed by atoms with van der Waals surface area (Å²) in [6.07, 6.45) is 1.54. The van der Waals surface area contributed by atoms with Crippen LogP contribution in [0, 0.1) is 16.0 Å². The molecule has 1 aliphatic carbocycles. The number of carboxylic acids is 1. The number of hydrogen-bond acceptors (Lipinski definition) is 6. The fourth-order valence-corrected chi connectivity index (χ4v) is 2.02. The van der Waals surface area contributed by atoms with E-state index < -0.39 is 16.4 Å². The lowest BCUT2D eigenvalue weighted by Crippen LogP contribution is -2.46. The van der Waals surface area contributed by atoms with Gasteiger partial charge in [0.1, 0.15) is 5.54 Å². The molecule has 0 radical (unpaired) electrons. The summed E-state index contributed by atoms with van der Waals surface area (Å²) >= 11 is 0. The lowest BCUT2D eigenvalue weighted by molar-refractivity contribution is -0.384. The van der Waals surface area contributed by atoms with E-state index in [9.17, 15) is 20.0 Å². The van der Waals surface area contributed by atoms with Crippen LogP contribution >= 0.6 is 0 Å². The molecule has 0 aromatic carbocycles. The Morgan fingerprint density at radius 1 is 1.60 bits per heavy atom. The average Bonchev–Trinajstić information content (AvgIpc) is 3.22. The number of ether oxygens (including phenoxy) is 1. The smallest absolute Gasteiger partial charge is 0.329 e. The summed E-state index contributed by atoms with van der Waals surface area (Å²) in [6, 6.07) is 2.60. The van der Waals surface area contributed by atoms with Crippen molar-refractivity contribution in [1.82, 2.24) is 4.98 Å². The van der Waals surface area contributed by atoms with Crippen LogP contribution in [0.5, 0.6) is 5.88 Å². The van der Waals surface area contributed by atoms with Crippen molar-refractivity contribution in [3.05, 3.63) is 22.2 Å². The van der Waals surface area contributed by atoms with E-state index in [1.165, 1.54) is 26.2 Å². The summed E-state index contributed by atoms with van der Waals surface area (Å²) in [4.78, 5) is 25.8. The number of nitrogens with zero attached hydrogens (tertiary/aromatic N) is 2. The summed E-state index contributed by atoms with van der Waals surface area (Å²) in [6.45, 7) is 1.51. The summed E-state index contributed by atoms with van der Waals surface area (Å²) in [7, 11) is 1.38. The van der Waals surface area contributed by atoms with Crippen LogP contribution in [-0.4, -0.2) is 33.6 Å². The molecule has 0 saturated heterocycles. The van der Waals surface area contributed by atoms with Crippen LogP contribution in [0.25, 0.3) is 0 Å². The van der Waals surface area contributed by atoms with Gasteiger partial charge in [-0.05, 0) is 25.7 Å². The second-order valence-electron chi connectivity index (χ2n) is 4.89. The van der Waals surface area contributed by atoms with E-state index in [1.54, 1.807) is 0 Å². The van der Waals surface area contributed by atoms with Crippen molar-refractivity contribution in [2.24, 2.45) is 5.92 Å². The van der Waals surface area contributed by atoms with E-state index in [0.717, 1.165) is 12.8 Å². The zero-order valence-electron chi connectivity index (χ0n) is 11.1. The molecule has 0 amide bonds. The first-order chi connectivity index (χ1) is 9.38. The highest BCUT2D eigenvalue weighted by Gasteiger charge is 2.48. The molecule has 1 fully saturated rings. The lowest BCUT2D eigenvalue weighted by Gasteiger charge is -2.26. The number of carbonyl (C=O) groups is 1. The number of aliphatic carboxylic acids is 1. The molecule has 2 N–H and O–H groups in total. The maximum Gasteiger partial charge on any atom is 0.329 e. The van der Waals surface area contributed by atoms with Crippen LogP contribution in [0.15, 0.2) is 12.1 Å². The van der Waals surface area contributed by atoms with Crippen LogP contribution in [0.3, 0.4) is 0 Å². The number of nitro groups is 1. The Balaban J connectivity index is 2.40. The standard InChI is InChI=1S/C12H15N3O5/c1-12(11(16)17,7-3-4-7)14-10-8(15(18)19)5-6-9(13-10)20-2/h5-7H,3-4H2,1-2H3,(H,13,14)(H,16,17). The molecule has 2 rings (SSSR count). The fraction of sp³-hybridized carbons (Fsp3) is 0.500. The van der Waals surface area contributed by atoms with Gasteiger partial charge in [-0.15, -0.1) is 0 Å². The Hall–Kier alpha value is -2.38. The predicted molar refractivity (Wildman–Crippen MR) is 69.8 cm³/mol. The molecule has 1 aromatic rings. The van der Waals surface area contributed by atoms with E-state index in [-0.39, 0.29) is 23.3 Å². The Labute approximate surface area is 114 Å². The van der Waals surface area contributed by atoms with Crippen LogP contribution in [-0.2, 0) is 4.79 Å². The zero-order chi connectivity index (χ0) is 14.9. The second kappa shape index (κ2) is 4.95. The first-order valence-electron chi connectivity index (χ1n) is 6.09. The lowest BCUT2D eigenvalue weighted by atomic mass is 9.96. The third-order valence-corrected chi connectivity index (χ3v) is 3.47. The van der Waals surface area contributed by atoms with E-state index in [4.69, 9.17) is 4.74 Å². The number of hydrogen-bond donors (Lipinski definition) is 2. The van der Waals surface area contributed by atoms with Gasteiger partial charge in [0.2, 0.25) is 11.7 Å². The van der Waals surface area contributed by atoms with E-state index in [1.807, 2.05) is 0 Å². The normalized spacial score (nSPS) is 17.1. The van der Waals surface area contributed by atoms with Gasteiger partial charge >= 0.3 is 11.7 Å². The molecule has 20 heavy (non-hydrogen) atoms. The molecule has 1 saturated carbocycles. The van der Waals surface area contributed by atoms with Crippen molar-refractivity contribution in [3.8, 4) is 5.88 Å². The van der Waals surface area contributed by atoms with Gasteiger partial charge < -0.3 is 15.2 Å². The molecule has 8 nitrogen and oxygen atoms in total. The highest BCUT2D eigenvalue weighted by atomic mass is 16.6. The maximum absolute atomic E-state index is 11.5. The number of rotatable bonds is 6. The Bertz CT molecular complexity index is 558. The average molecular weight is 281 g/mol. The SMILES string of the molecule is COc1ccc([N+](=O)[O-])c(NC(C)(C(=O)O)C2CC2)n1. The highest BCUT2D eigenvalue weighted by Crippen LogP contribution is 2.42. The molecule has 0 aliphatic heterocycles. The molecule has 0 spiro atoms. The maximum atomic E-state index is 11.5. The first-order valence-corrected chi connectivity index (χ1v) is 6.09. The van der Waals surface area contributed by atoms with Crippen LogP contribution in [0.4, 0.5) is 11.5 Å². The molecule has 1 unspecified atom stereocenters. The van der Waals surface area contributed by atoms with Gasteiger partial charge in [0.05, 0.1) is 12.0 Å².